The molecule has 2 heterocycles. The first-order valence-corrected chi connectivity index (χ1v) is 7.21. The Labute approximate surface area is 119 Å². The first kappa shape index (κ1) is 12.7. The fourth-order valence-corrected chi connectivity index (χ4v) is 3.86. The van der Waals surface area contributed by atoms with E-state index in [4.69, 9.17) is 16.7 Å². The SMILES string of the molecule is O=C(O)/C=C/c1sc2ccc(Cl)c3c2c1CNCC3. The highest BCUT2D eigenvalue weighted by Crippen LogP contribution is 2.38. The second-order valence-electron chi connectivity index (χ2n) is 4.44. The number of carbonyl (C=O) groups is 1. The molecule has 0 amide bonds. The molecular weight excluding hydrogens is 282 g/mol. The molecule has 0 atom stereocenters. The van der Waals surface area contributed by atoms with Gasteiger partial charge in [0.05, 0.1) is 0 Å². The molecule has 0 radical (unpaired) electrons. The van der Waals surface area contributed by atoms with E-state index >= 15 is 0 Å². The predicted molar refractivity (Wildman–Crippen MR) is 78.9 cm³/mol. The number of thiophene rings is 1. The normalized spacial score (nSPS) is 15.0. The van der Waals surface area contributed by atoms with Crippen molar-refractivity contribution in [2.45, 2.75) is 13.0 Å². The van der Waals surface area contributed by atoms with Gasteiger partial charge in [-0.1, -0.05) is 11.6 Å². The van der Waals surface area contributed by atoms with Gasteiger partial charge in [-0.05, 0) is 42.3 Å². The summed E-state index contributed by atoms with van der Waals surface area (Å²) in [6.07, 6.45) is 3.77. The van der Waals surface area contributed by atoms with Crippen LogP contribution in [0.2, 0.25) is 5.02 Å². The van der Waals surface area contributed by atoms with E-state index in [0.29, 0.717) is 0 Å². The molecule has 98 valence electrons. The zero-order valence-electron chi connectivity index (χ0n) is 10.1. The number of rotatable bonds is 2. The van der Waals surface area contributed by atoms with Crippen LogP contribution in [-0.4, -0.2) is 17.6 Å². The van der Waals surface area contributed by atoms with Crippen molar-refractivity contribution >= 4 is 45.1 Å². The summed E-state index contributed by atoms with van der Waals surface area (Å²) in [5.41, 5.74) is 2.33. The number of halogens is 1. The molecule has 0 fully saturated rings. The van der Waals surface area contributed by atoms with Crippen molar-refractivity contribution in [3.05, 3.63) is 39.2 Å². The molecule has 3 nitrogen and oxygen atoms in total. The minimum Gasteiger partial charge on any atom is -0.478 e. The summed E-state index contributed by atoms with van der Waals surface area (Å²) in [5.74, 6) is -0.926. The number of nitrogens with one attached hydrogen (secondary N) is 1. The highest BCUT2D eigenvalue weighted by Gasteiger charge is 2.18. The topological polar surface area (TPSA) is 49.3 Å². The van der Waals surface area contributed by atoms with E-state index in [9.17, 15) is 4.79 Å². The molecule has 0 saturated heterocycles. The first-order valence-electron chi connectivity index (χ1n) is 6.01. The second kappa shape index (κ2) is 4.96. The van der Waals surface area contributed by atoms with Crippen LogP contribution in [-0.2, 0) is 17.8 Å². The number of benzene rings is 1. The summed E-state index contributed by atoms with van der Waals surface area (Å²) >= 11 is 7.90. The highest BCUT2D eigenvalue weighted by molar-refractivity contribution is 7.20. The molecule has 1 aliphatic rings. The Morgan fingerprint density at radius 3 is 3.05 bits per heavy atom. The summed E-state index contributed by atoms with van der Waals surface area (Å²) in [4.78, 5) is 11.7. The Balaban J connectivity index is 2.25. The lowest BCUT2D eigenvalue weighted by molar-refractivity contribution is -0.131. The van der Waals surface area contributed by atoms with Crippen LogP contribution in [0.1, 0.15) is 16.0 Å². The van der Waals surface area contributed by atoms with Crippen molar-refractivity contribution in [2.24, 2.45) is 0 Å². The number of hydrogen-bond donors (Lipinski definition) is 2. The van der Waals surface area contributed by atoms with E-state index in [1.54, 1.807) is 17.4 Å². The maximum atomic E-state index is 10.7. The van der Waals surface area contributed by atoms with Gasteiger partial charge in [-0.2, -0.15) is 0 Å². The summed E-state index contributed by atoms with van der Waals surface area (Å²) < 4.78 is 1.17. The van der Waals surface area contributed by atoms with Crippen LogP contribution < -0.4 is 5.32 Å². The number of carboxylic acids is 1. The molecule has 0 saturated carbocycles. The third-order valence-corrected chi connectivity index (χ3v) is 4.78. The van der Waals surface area contributed by atoms with Gasteiger partial charge in [0.1, 0.15) is 0 Å². The van der Waals surface area contributed by atoms with Crippen LogP contribution in [0, 0.1) is 0 Å². The van der Waals surface area contributed by atoms with Gasteiger partial charge >= 0.3 is 5.97 Å². The molecule has 1 aromatic heterocycles. The Morgan fingerprint density at radius 2 is 2.26 bits per heavy atom. The van der Waals surface area contributed by atoms with Crippen molar-refractivity contribution in [1.82, 2.24) is 5.32 Å². The number of carboxylic acid groups (broad SMARTS) is 1. The highest BCUT2D eigenvalue weighted by atomic mass is 35.5. The van der Waals surface area contributed by atoms with Gasteiger partial charge in [0.25, 0.3) is 0 Å². The Hall–Kier alpha value is -1.36. The van der Waals surface area contributed by atoms with Crippen LogP contribution in [0.4, 0.5) is 0 Å². The van der Waals surface area contributed by atoms with E-state index in [1.807, 2.05) is 12.1 Å². The Bertz CT molecular complexity index is 690. The van der Waals surface area contributed by atoms with Crippen molar-refractivity contribution in [2.75, 3.05) is 6.54 Å². The van der Waals surface area contributed by atoms with Crippen LogP contribution in [0.3, 0.4) is 0 Å². The van der Waals surface area contributed by atoms with E-state index < -0.39 is 5.97 Å². The fraction of sp³-hybridized carbons (Fsp3) is 0.214. The van der Waals surface area contributed by atoms with Crippen LogP contribution in [0.25, 0.3) is 16.2 Å². The van der Waals surface area contributed by atoms with Gasteiger partial charge in [0.15, 0.2) is 0 Å². The third-order valence-electron chi connectivity index (χ3n) is 3.27. The zero-order chi connectivity index (χ0) is 13.4. The lowest BCUT2D eigenvalue weighted by Gasteiger charge is -2.03. The zero-order valence-corrected chi connectivity index (χ0v) is 11.6. The first-order chi connectivity index (χ1) is 9.16. The third kappa shape index (κ3) is 2.27. The fourth-order valence-electron chi connectivity index (χ4n) is 2.45. The monoisotopic (exact) mass is 293 g/mol. The van der Waals surface area contributed by atoms with Gasteiger partial charge in [-0.15, -0.1) is 11.3 Å². The summed E-state index contributed by atoms with van der Waals surface area (Å²) in [6.45, 7) is 1.65. The molecule has 0 aliphatic carbocycles. The Kier molecular flexibility index (Phi) is 3.31. The maximum Gasteiger partial charge on any atom is 0.328 e. The van der Waals surface area contributed by atoms with Crippen LogP contribution in [0.5, 0.6) is 0 Å². The van der Waals surface area contributed by atoms with Crippen molar-refractivity contribution in [3.63, 3.8) is 0 Å². The van der Waals surface area contributed by atoms with Crippen LogP contribution >= 0.6 is 22.9 Å². The smallest absolute Gasteiger partial charge is 0.328 e. The molecular formula is C14H12ClNO2S. The van der Waals surface area contributed by atoms with Gasteiger partial charge in [0, 0.05) is 32.6 Å². The Morgan fingerprint density at radius 1 is 1.42 bits per heavy atom. The molecule has 1 aliphatic heterocycles. The molecule has 3 rings (SSSR count). The van der Waals surface area contributed by atoms with Gasteiger partial charge < -0.3 is 10.4 Å². The molecule has 2 aromatic rings. The average molecular weight is 294 g/mol. The molecule has 2 N–H and O–H groups in total. The summed E-state index contributed by atoms with van der Waals surface area (Å²) in [5, 5.41) is 14.1. The van der Waals surface area contributed by atoms with Crippen molar-refractivity contribution in [3.8, 4) is 0 Å². The van der Waals surface area contributed by atoms with E-state index in [2.05, 4.69) is 5.32 Å². The largest absolute Gasteiger partial charge is 0.478 e. The predicted octanol–water partition coefficient (Wildman–Crippen LogP) is 3.30. The lowest BCUT2D eigenvalue weighted by Crippen LogP contribution is -2.14. The van der Waals surface area contributed by atoms with Crippen LogP contribution in [0.15, 0.2) is 18.2 Å². The van der Waals surface area contributed by atoms with Gasteiger partial charge in [-0.3, -0.25) is 0 Å². The van der Waals surface area contributed by atoms with E-state index in [1.165, 1.54) is 21.7 Å². The quantitative estimate of drug-likeness (QED) is 0.835. The lowest BCUT2D eigenvalue weighted by atomic mass is 10.0. The molecule has 5 heteroatoms. The number of aliphatic carboxylic acids is 1. The average Bonchev–Trinajstić information content (AvgIpc) is 2.57. The molecule has 1 aromatic carbocycles. The van der Waals surface area contributed by atoms with E-state index in [0.717, 1.165) is 35.0 Å². The maximum absolute atomic E-state index is 10.7. The van der Waals surface area contributed by atoms with E-state index in [-0.39, 0.29) is 0 Å². The molecule has 19 heavy (non-hydrogen) atoms. The molecule has 0 spiro atoms. The second-order valence-corrected chi connectivity index (χ2v) is 5.93. The minimum absolute atomic E-state index is 0.757. The summed E-state index contributed by atoms with van der Waals surface area (Å²) in [6, 6.07) is 3.94. The van der Waals surface area contributed by atoms with Crippen molar-refractivity contribution < 1.29 is 9.90 Å². The molecule has 0 bridgehead atoms. The standard InChI is InChI=1S/C14H12ClNO2S/c15-10-1-2-12-14-8(10)5-6-16-7-9(14)11(19-12)3-4-13(17)18/h1-4,16H,5-7H2,(H,17,18)/b4-3+. The van der Waals surface area contributed by atoms with Crippen molar-refractivity contribution in [1.29, 1.82) is 0 Å². The van der Waals surface area contributed by atoms with Gasteiger partial charge in [-0.25, -0.2) is 4.79 Å². The number of hydrogen-bond acceptors (Lipinski definition) is 3. The molecule has 0 unspecified atom stereocenters. The minimum atomic E-state index is -0.926. The summed E-state index contributed by atoms with van der Waals surface area (Å²) in [7, 11) is 0. The van der Waals surface area contributed by atoms with Gasteiger partial charge in [0.2, 0.25) is 0 Å².